The van der Waals surface area contributed by atoms with E-state index in [-0.39, 0.29) is 23.8 Å². The quantitative estimate of drug-likeness (QED) is 0.918. The zero-order valence-corrected chi connectivity index (χ0v) is 10.2. The third kappa shape index (κ3) is 4.11. The van der Waals surface area contributed by atoms with Gasteiger partial charge in [-0.05, 0) is 18.9 Å². The highest BCUT2D eigenvalue weighted by Gasteiger charge is 2.33. The second-order valence-corrected chi connectivity index (χ2v) is 4.47. The molecule has 6 heteroatoms. The lowest BCUT2D eigenvalue weighted by molar-refractivity contribution is -0.275. The van der Waals surface area contributed by atoms with E-state index in [0.717, 1.165) is 12.8 Å². The van der Waals surface area contributed by atoms with Crippen molar-refractivity contribution in [2.24, 2.45) is 0 Å². The highest BCUT2D eigenvalue weighted by Crippen LogP contribution is 2.33. The summed E-state index contributed by atoms with van der Waals surface area (Å²) in [6.45, 7) is 0.637. The Morgan fingerprint density at radius 3 is 2.74 bits per heavy atom. The third-order valence-corrected chi connectivity index (χ3v) is 3.01. The average molecular weight is 276 g/mol. The number of hydrogen-bond acceptors (Lipinski definition) is 3. The lowest BCUT2D eigenvalue weighted by atomic mass is 10.0. The average Bonchev–Trinajstić information content (AvgIpc) is 2.80. The summed E-state index contributed by atoms with van der Waals surface area (Å²) in [6.07, 6.45) is -3.88. The summed E-state index contributed by atoms with van der Waals surface area (Å²) in [5.74, 6) is -0.361. The maximum absolute atomic E-state index is 12.3. The van der Waals surface area contributed by atoms with Crippen LogP contribution in [0.15, 0.2) is 24.3 Å². The molecule has 2 unspecified atom stereocenters. The van der Waals surface area contributed by atoms with Crippen LogP contribution in [0.25, 0.3) is 0 Å². The van der Waals surface area contributed by atoms with E-state index in [1.54, 1.807) is 6.07 Å². The van der Waals surface area contributed by atoms with Gasteiger partial charge in [-0.2, -0.15) is 0 Å². The van der Waals surface area contributed by atoms with Crippen LogP contribution in [-0.2, 0) is 4.74 Å². The van der Waals surface area contributed by atoms with Gasteiger partial charge in [-0.3, -0.25) is 0 Å². The zero-order valence-electron chi connectivity index (χ0n) is 10.2. The van der Waals surface area contributed by atoms with Gasteiger partial charge in [0.1, 0.15) is 5.75 Å². The van der Waals surface area contributed by atoms with E-state index in [4.69, 9.17) is 4.74 Å². The number of ether oxygens (including phenoxy) is 2. The summed E-state index contributed by atoms with van der Waals surface area (Å²) in [6, 6.07) is 5.63. The maximum Gasteiger partial charge on any atom is 0.573 e. The van der Waals surface area contributed by atoms with Crippen molar-refractivity contribution >= 4 is 0 Å². The normalized spacial score (nSPS) is 21.4. The number of halogens is 3. The molecule has 2 rings (SSSR count). The van der Waals surface area contributed by atoms with Gasteiger partial charge in [0.25, 0.3) is 0 Å². The molecular formula is C13H15F3O3. The third-order valence-electron chi connectivity index (χ3n) is 3.01. The van der Waals surface area contributed by atoms with Crippen LogP contribution in [0, 0.1) is 0 Å². The molecular weight excluding hydrogens is 261 g/mol. The Kier molecular flexibility index (Phi) is 4.31. The predicted octanol–water partition coefficient (Wildman–Crippen LogP) is 3.19. The Hall–Kier alpha value is -1.27. The molecule has 19 heavy (non-hydrogen) atoms. The van der Waals surface area contributed by atoms with Crippen molar-refractivity contribution in [1.29, 1.82) is 0 Å². The van der Waals surface area contributed by atoms with Crippen molar-refractivity contribution in [2.75, 3.05) is 6.61 Å². The molecule has 0 saturated carbocycles. The van der Waals surface area contributed by atoms with E-state index in [1.807, 2.05) is 0 Å². The summed E-state index contributed by atoms with van der Waals surface area (Å²) < 4.78 is 46.1. The molecule has 0 spiro atoms. The van der Waals surface area contributed by atoms with Crippen LogP contribution in [0.5, 0.6) is 5.75 Å². The minimum atomic E-state index is -4.76. The molecule has 1 heterocycles. The number of hydrogen-bond donors (Lipinski definition) is 1. The van der Waals surface area contributed by atoms with E-state index in [0.29, 0.717) is 6.61 Å². The lowest BCUT2D eigenvalue weighted by Gasteiger charge is -2.19. The zero-order chi connectivity index (χ0) is 13.9. The minimum Gasteiger partial charge on any atom is -0.405 e. The molecule has 0 aliphatic carbocycles. The SMILES string of the molecule is OC(CC1CCCO1)c1ccccc1OC(F)(F)F. The van der Waals surface area contributed by atoms with Crippen molar-refractivity contribution in [1.82, 2.24) is 0 Å². The van der Waals surface area contributed by atoms with Crippen LogP contribution in [0.2, 0.25) is 0 Å². The first kappa shape index (κ1) is 14.1. The summed E-state index contributed by atoms with van der Waals surface area (Å²) in [7, 11) is 0. The smallest absolute Gasteiger partial charge is 0.405 e. The standard InChI is InChI=1S/C13H15F3O3/c14-13(15,16)19-12-6-2-1-5-10(12)11(17)8-9-4-3-7-18-9/h1-2,5-6,9,11,17H,3-4,7-8H2. The molecule has 2 atom stereocenters. The van der Waals surface area contributed by atoms with Gasteiger partial charge >= 0.3 is 6.36 Å². The van der Waals surface area contributed by atoms with Crippen molar-refractivity contribution in [2.45, 2.75) is 37.8 Å². The monoisotopic (exact) mass is 276 g/mol. The highest BCUT2D eigenvalue weighted by molar-refractivity contribution is 5.35. The largest absolute Gasteiger partial charge is 0.573 e. The van der Waals surface area contributed by atoms with E-state index in [2.05, 4.69) is 4.74 Å². The molecule has 1 aromatic rings. The second-order valence-electron chi connectivity index (χ2n) is 4.47. The van der Waals surface area contributed by atoms with Crippen LogP contribution in [0.3, 0.4) is 0 Å². The lowest BCUT2D eigenvalue weighted by Crippen LogP contribution is -2.19. The van der Waals surface area contributed by atoms with Gasteiger partial charge < -0.3 is 14.6 Å². The number of aliphatic hydroxyl groups excluding tert-OH is 1. The maximum atomic E-state index is 12.3. The Morgan fingerprint density at radius 1 is 1.37 bits per heavy atom. The summed E-state index contributed by atoms with van der Waals surface area (Å²) >= 11 is 0. The first-order chi connectivity index (χ1) is 8.96. The van der Waals surface area contributed by atoms with Crippen molar-refractivity contribution in [3.63, 3.8) is 0 Å². The minimum absolute atomic E-state index is 0.103. The van der Waals surface area contributed by atoms with E-state index >= 15 is 0 Å². The number of rotatable bonds is 4. The van der Waals surface area contributed by atoms with Crippen LogP contribution in [0.4, 0.5) is 13.2 Å². The van der Waals surface area contributed by atoms with E-state index < -0.39 is 12.5 Å². The second kappa shape index (κ2) is 5.79. The van der Waals surface area contributed by atoms with Gasteiger partial charge in [0.2, 0.25) is 0 Å². The molecule has 1 saturated heterocycles. The molecule has 3 nitrogen and oxygen atoms in total. The van der Waals surface area contributed by atoms with Gasteiger partial charge in [0.05, 0.1) is 12.2 Å². The van der Waals surface area contributed by atoms with Gasteiger partial charge in [-0.15, -0.1) is 13.2 Å². The summed E-state index contributed by atoms with van der Waals surface area (Å²) in [5, 5.41) is 10.0. The molecule has 106 valence electrons. The number of aliphatic hydroxyl groups is 1. The topological polar surface area (TPSA) is 38.7 Å². The fourth-order valence-corrected chi connectivity index (χ4v) is 2.18. The number of para-hydroxylation sites is 1. The van der Waals surface area contributed by atoms with Crippen LogP contribution in [0.1, 0.15) is 30.9 Å². The molecule has 0 radical (unpaired) electrons. The van der Waals surface area contributed by atoms with Gasteiger partial charge in [-0.25, -0.2) is 0 Å². The van der Waals surface area contributed by atoms with E-state index in [9.17, 15) is 18.3 Å². The summed E-state index contributed by atoms with van der Waals surface area (Å²) in [5.41, 5.74) is 0.135. The van der Waals surface area contributed by atoms with E-state index in [1.165, 1.54) is 18.2 Å². The molecule has 1 aliphatic heterocycles. The van der Waals surface area contributed by atoms with Gasteiger partial charge in [0.15, 0.2) is 0 Å². The highest BCUT2D eigenvalue weighted by atomic mass is 19.4. The van der Waals surface area contributed by atoms with Gasteiger partial charge in [0, 0.05) is 18.6 Å². The van der Waals surface area contributed by atoms with Crippen molar-refractivity contribution < 1.29 is 27.8 Å². The predicted molar refractivity (Wildman–Crippen MR) is 61.7 cm³/mol. The molecule has 1 N–H and O–H groups in total. The summed E-state index contributed by atoms with van der Waals surface area (Å²) in [4.78, 5) is 0. The van der Waals surface area contributed by atoms with Crippen LogP contribution < -0.4 is 4.74 Å². The first-order valence-corrected chi connectivity index (χ1v) is 6.10. The van der Waals surface area contributed by atoms with Crippen molar-refractivity contribution in [3.8, 4) is 5.75 Å². The Labute approximate surface area is 108 Å². The number of alkyl halides is 3. The number of benzene rings is 1. The molecule has 1 fully saturated rings. The van der Waals surface area contributed by atoms with Crippen LogP contribution in [-0.4, -0.2) is 24.2 Å². The van der Waals surface area contributed by atoms with Crippen LogP contribution >= 0.6 is 0 Å². The fourth-order valence-electron chi connectivity index (χ4n) is 2.18. The fraction of sp³-hybridized carbons (Fsp3) is 0.538. The first-order valence-electron chi connectivity index (χ1n) is 6.10. The molecule has 1 aliphatic rings. The molecule has 0 bridgehead atoms. The Balaban J connectivity index is 2.09. The van der Waals surface area contributed by atoms with Gasteiger partial charge in [-0.1, -0.05) is 18.2 Å². The Bertz CT molecular complexity index is 414. The molecule has 0 aromatic heterocycles. The van der Waals surface area contributed by atoms with Crippen molar-refractivity contribution in [3.05, 3.63) is 29.8 Å². The Morgan fingerprint density at radius 2 is 2.11 bits per heavy atom. The molecule has 0 amide bonds. The molecule has 1 aromatic carbocycles.